The largest absolute Gasteiger partial charge is 0.496 e. The molecule has 0 spiro atoms. The van der Waals surface area contributed by atoms with Gasteiger partial charge in [-0.2, -0.15) is 0 Å². The van der Waals surface area contributed by atoms with Gasteiger partial charge in [0, 0.05) is 17.7 Å². The van der Waals surface area contributed by atoms with E-state index >= 15 is 0 Å². The molecule has 1 aromatic heterocycles. The van der Waals surface area contributed by atoms with E-state index in [0.29, 0.717) is 17.1 Å². The van der Waals surface area contributed by atoms with Crippen molar-refractivity contribution in [3.8, 4) is 5.75 Å². The molecule has 0 atom stereocenters. The number of carbonyl (C=O) groups excluding carboxylic acids is 2. The first kappa shape index (κ1) is 18.4. The Labute approximate surface area is 145 Å². The third-order valence-electron chi connectivity index (χ3n) is 3.32. The van der Waals surface area contributed by atoms with Crippen LogP contribution in [0.5, 0.6) is 5.75 Å². The van der Waals surface area contributed by atoms with Gasteiger partial charge in [0.15, 0.2) is 11.7 Å². The van der Waals surface area contributed by atoms with Crippen molar-refractivity contribution in [1.82, 2.24) is 4.98 Å². The average molecular weight is 344 g/mol. The SMILES string of the molecule is CCOC(=O)C(C=Nc1cc(OC)c2ccccc2n1)C(=O)OCC. The lowest BCUT2D eigenvalue weighted by atomic mass is 10.1. The minimum Gasteiger partial charge on any atom is -0.496 e. The number of nitrogens with zero attached hydrogens (tertiary/aromatic N) is 2. The Bertz CT molecular complexity index is 770. The molecular formula is C18H20N2O5. The van der Waals surface area contributed by atoms with Crippen LogP contribution in [0, 0.1) is 5.92 Å². The summed E-state index contributed by atoms with van der Waals surface area (Å²) < 4.78 is 15.1. The lowest BCUT2D eigenvalue weighted by molar-refractivity contribution is -0.157. The fraction of sp³-hybridized carbons (Fsp3) is 0.333. The number of benzene rings is 1. The molecule has 0 aliphatic heterocycles. The zero-order valence-corrected chi connectivity index (χ0v) is 14.4. The number of esters is 2. The molecule has 0 aliphatic rings. The first-order chi connectivity index (χ1) is 12.1. The molecule has 1 heterocycles. The van der Waals surface area contributed by atoms with E-state index in [1.54, 1.807) is 27.0 Å². The Morgan fingerprint density at radius 2 is 1.80 bits per heavy atom. The second kappa shape index (κ2) is 8.77. The van der Waals surface area contributed by atoms with E-state index in [2.05, 4.69) is 9.98 Å². The normalized spacial score (nSPS) is 11.0. The maximum atomic E-state index is 12.0. The number of hydrogen-bond donors (Lipinski definition) is 0. The van der Waals surface area contributed by atoms with Crippen LogP contribution < -0.4 is 4.74 Å². The minimum absolute atomic E-state index is 0.157. The number of carbonyl (C=O) groups is 2. The number of methoxy groups -OCH3 is 1. The van der Waals surface area contributed by atoms with Crippen LogP contribution in [0.3, 0.4) is 0 Å². The van der Waals surface area contributed by atoms with Gasteiger partial charge in [-0.3, -0.25) is 9.59 Å². The van der Waals surface area contributed by atoms with Gasteiger partial charge in [0.1, 0.15) is 5.75 Å². The first-order valence-electron chi connectivity index (χ1n) is 7.91. The molecule has 2 rings (SSSR count). The first-order valence-corrected chi connectivity index (χ1v) is 7.91. The van der Waals surface area contributed by atoms with Gasteiger partial charge < -0.3 is 14.2 Å². The summed E-state index contributed by atoms with van der Waals surface area (Å²) in [6, 6.07) is 9.07. The maximum Gasteiger partial charge on any atom is 0.325 e. The summed E-state index contributed by atoms with van der Waals surface area (Å²) in [5.41, 5.74) is 0.692. The summed E-state index contributed by atoms with van der Waals surface area (Å²) in [7, 11) is 1.55. The summed E-state index contributed by atoms with van der Waals surface area (Å²) in [6.07, 6.45) is 1.19. The minimum atomic E-state index is -1.24. The molecule has 0 saturated heterocycles. The summed E-state index contributed by atoms with van der Waals surface area (Å²) in [5, 5.41) is 0.844. The zero-order valence-electron chi connectivity index (χ0n) is 14.4. The van der Waals surface area contributed by atoms with Crippen LogP contribution in [0.15, 0.2) is 35.3 Å². The number of aliphatic imine (C=N–C) groups is 1. The monoisotopic (exact) mass is 344 g/mol. The Balaban J connectivity index is 2.35. The average Bonchev–Trinajstić information content (AvgIpc) is 2.61. The highest BCUT2D eigenvalue weighted by atomic mass is 16.6. The van der Waals surface area contributed by atoms with Crippen molar-refractivity contribution in [2.45, 2.75) is 13.8 Å². The number of aromatic nitrogens is 1. The van der Waals surface area contributed by atoms with Crippen molar-refractivity contribution in [2.24, 2.45) is 10.9 Å². The van der Waals surface area contributed by atoms with Gasteiger partial charge in [0.25, 0.3) is 0 Å². The third kappa shape index (κ3) is 4.53. The highest BCUT2D eigenvalue weighted by Crippen LogP contribution is 2.28. The lowest BCUT2D eigenvalue weighted by Crippen LogP contribution is -2.29. The van der Waals surface area contributed by atoms with E-state index in [4.69, 9.17) is 14.2 Å². The maximum absolute atomic E-state index is 12.0. The van der Waals surface area contributed by atoms with Gasteiger partial charge in [-0.05, 0) is 26.0 Å². The molecule has 0 radical (unpaired) electrons. The smallest absolute Gasteiger partial charge is 0.325 e. The van der Waals surface area contributed by atoms with Crippen molar-refractivity contribution in [3.63, 3.8) is 0 Å². The number of pyridine rings is 1. The second-order valence-electron chi connectivity index (χ2n) is 4.96. The molecule has 0 unspecified atom stereocenters. The lowest BCUT2D eigenvalue weighted by Gasteiger charge is -2.10. The molecule has 0 bridgehead atoms. The summed E-state index contributed by atoms with van der Waals surface area (Å²) >= 11 is 0. The van der Waals surface area contributed by atoms with Crippen LogP contribution in [0.4, 0.5) is 5.82 Å². The number of rotatable bonds is 7. The van der Waals surface area contributed by atoms with Crippen LogP contribution in [-0.2, 0) is 19.1 Å². The van der Waals surface area contributed by atoms with E-state index in [-0.39, 0.29) is 13.2 Å². The van der Waals surface area contributed by atoms with Crippen molar-refractivity contribution in [1.29, 1.82) is 0 Å². The molecule has 0 fully saturated rings. The van der Waals surface area contributed by atoms with Gasteiger partial charge in [-0.15, -0.1) is 0 Å². The van der Waals surface area contributed by atoms with Gasteiger partial charge in [0.05, 0.1) is 25.8 Å². The molecule has 2 aromatic rings. The molecule has 132 valence electrons. The van der Waals surface area contributed by atoms with Gasteiger partial charge in [0.2, 0.25) is 0 Å². The van der Waals surface area contributed by atoms with Gasteiger partial charge >= 0.3 is 11.9 Å². The molecule has 25 heavy (non-hydrogen) atoms. The fourth-order valence-corrected chi connectivity index (χ4v) is 2.20. The van der Waals surface area contributed by atoms with E-state index in [1.165, 1.54) is 6.21 Å². The Hall–Kier alpha value is -2.96. The van der Waals surface area contributed by atoms with Crippen LogP contribution in [0.2, 0.25) is 0 Å². The molecule has 7 heteroatoms. The molecule has 0 amide bonds. The number of ether oxygens (including phenoxy) is 3. The highest BCUT2D eigenvalue weighted by molar-refractivity contribution is 6.09. The Morgan fingerprint density at radius 1 is 1.16 bits per heavy atom. The Kier molecular flexibility index (Phi) is 6.45. The summed E-state index contributed by atoms with van der Waals surface area (Å²) in [4.78, 5) is 32.5. The van der Waals surface area contributed by atoms with Crippen LogP contribution >= 0.6 is 0 Å². The molecule has 0 N–H and O–H groups in total. The van der Waals surface area contributed by atoms with Crippen molar-refractivity contribution in [3.05, 3.63) is 30.3 Å². The quantitative estimate of drug-likeness (QED) is 0.436. The topological polar surface area (TPSA) is 87.1 Å². The van der Waals surface area contributed by atoms with Crippen LogP contribution in [-0.4, -0.2) is 43.5 Å². The van der Waals surface area contributed by atoms with Crippen LogP contribution in [0.1, 0.15) is 13.8 Å². The standard InChI is InChI=1S/C18H20N2O5/c1-4-24-17(21)13(18(22)25-5-2)11-19-16-10-15(23-3)12-8-6-7-9-14(12)20-16/h6-11,13H,4-5H2,1-3H3. The predicted octanol–water partition coefficient (Wildman–Crippen LogP) is 2.69. The van der Waals surface area contributed by atoms with E-state index in [9.17, 15) is 9.59 Å². The van der Waals surface area contributed by atoms with Gasteiger partial charge in [-0.1, -0.05) is 12.1 Å². The van der Waals surface area contributed by atoms with E-state index in [1.807, 2.05) is 24.3 Å². The molecule has 0 saturated carbocycles. The second-order valence-corrected chi connectivity index (χ2v) is 4.96. The van der Waals surface area contributed by atoms with E-state index in [0.717, 1.165) is 5.39 Å². The van der Waals surface area contributed by atoms with Crippen molar-refractivity contribution in [2.75, 3.05) is 20.3 Å². The van der Waals surface area contributed by atoms with Crippen molar-refractivity contribution < 1.29 is 23.8 Å². The van der Waals surface area contributed by atoms with Gasteiger partial charge in [-0.25, -0.2) is 9.98 Å². The predicted molar refractivity (Wildman–Crippen MR) is 93.2 cm³/mol. The zero-order chi connectivity index (χ0) is 18.2. The van der Waals surface area contributed by atoms with Crippen molar-refractivity contribution >= 4 is 34.9 Å². The summed E-state index contributed by atoms with van der Waals surface area (Å²) in [5.74, 6) is -1.75. The van der Waals surface area contributed by atoms with Crippen LogP contribution in [0.25, 0.3) is 10.9 Å². The highest BCUT2D eigenvalue weighted by Gasteiger charge is 2.27. The molecular weight excluding hydrogens is 324 g/mol. The fourth-order valence-electron chi connectivity index (χ4n) is 2.20. The molecule has 0 aliphatic carbocycles. The third-order valence-corrected chi connectivity index (χ3v) is 3.32. The van der Waals surface area contributed by atoms with E-state index < -0.39 is 17.9 Å². The Morgan fingerprint density at radius 3 is 2.40 bits per heavy atom. The molecule has 1 aromatic carbocycles. The summed E-state index contributed by atoms with van der Waals surface area (Å²) in [6.45, 7) is 3.63. The number of hydrogen-bond acceptors (Lipinski definition) is 7. The number of fused-ring (bicyclic) bond motifs is 1. The molecule has 7 nitrogen and oxygen atoms in total. The number of para-hydroxylation sites is 1.